The molecule has 2 amide bonds. The van der Waals surface area contributed by atoms with Gasteiger partial charge in [-0.25, -0.2) is 0 Å². The van der Waals surface area contributed by atoms with E-state index in [0.29, 0.717) is 6.54 Å². The van der Waals surface area contributed by atoms with Crippen LogP contribution in [0.4, 0.5) is 0 Å². The van der Waals surface area contributed by atoms with E-state index in [1.807, 2.05) is 18.7 Å². The Kier molecular flexibility index (Phi) is 4.40. The molecule has 0 radical (unpaired) electrons. The van der Waals surface area contributed by atoms with E-state index in [9.17, 15) is 9.59 Å². The summed E-state index contributed by atoms with van der Waals surface area (Å²) >= 11 is 0. The molecule has 24 heavy (non-hydrogen) atoms. The molecule has 132 valence electrons. The Balaban J connectivity index is 1.77. The van der Waals surface area contributed by atoms with Crippen LogP contribution in [0.1, 0.15) is 57.0 Å². The normalized spacial score (nSPS) is 23.7. The van der Waals surface area contributed by atoms with Gasteiger partial charge in [-0.2, -0.15) is 5.10 Å². The summed E-state index contributed by atoms with van der Waals surface area (Å²) in [6.45, 7) is 8.87. The molecule has 0 bridgehead atoms. The molecule has 2 unspecified atom stereocenters. The molecule has 1 aromatic rings. The lowest BCUT2D eigenvalue weighted by Gasteiger charge is -2.39. The predicted molar refractivity (Wildman–Crippen MR) is 91.5 cm³/mol. The SMILES string of the molecule is CC(=O)NC(C)(C(=O)N1CCCC(n2nc(C)cc2C)C1)C1CC1. The van der Waals surface area contributed by atoms with Gasteiger partial charge in [-0.3, -0.25) is 14.3 Å². The van der Waals surface area contributed by atoms with E-state index in [4.69, 9.17) is 0 Å². The third-order valence-electron chi connectivity index (χ3n) is 5.35. The van der Waals surface area contributed by atoms with Gasteiger partial charge in [0.2, 0.25) is 11.8 Å². The minimum Gasteiger partial charge on any atom is -0.342 e. The van der Waals surface area contributed by atoms with Crippen LogP contribution in [0.2, 0.25) is 0 Å². The van der Waals surface area contributed by atoms with Crippen LogP contribution in [0.5, 0.6) is 0 Å². The topological polar surface area (TPSA) is 67.2 Å². The first-order chi connectivity index (χ1) is 11.3. The van der Waals surface area contributed by atoms with Gasteiger partial charge in [-0.1, -0.05) is 0 Å². The molecule has 0 spiro atoms. The van der Waals surface area contributed by atoms with E-state index in [-0.39, 0.29) is 23.8 Å². The van der Waals surface area contributed by atoms with Gasteiger partial charge < -0.3 is 10.2 Å². The fourth-order valence-electron chi connectivity index (χ4n) is 4.04. The van der Waals surface area contributed by atoms with Crippen LogP contribution in [0, 0.1) is 19.8 Å². The molecule has 6 heteroatoms. The number of carbonyl (C=O) groups excluding carboxylic acids is 2. The first kappa shape index (κ1) is 17.0. The molecular formula is C18H28N4O2. The largest absolute Gasteiger partial charge is 0.342 e. The van der Waals surface area contributed by atoms with Crippen LogP contribution in [-0.4, -0.2) is 45.1 Å². The van der Waals surface area contributed by atoms with Gasteiger partial charge in [0.1, 0.15) is 5.54 Å². The highest BCUT2D eigenvalue weighted by Crippen LogP contribution is 2.41. The minimum atomic E-state index is -0.761. The average molecular weight is 332 g/mol. The zero-order valence-corrected chi connectivity index (χ0v) is 15.1. The molecule has 1 aliphatic carbocycles. The second kappa shape index (κ2) is 6.22. The van der Waals surface area contributed by atoms with Crippen LogP contribution in [0.15, 0.2) is 6.07 Å². The molecule has 6 nitrogen and oxygen atoms in total. The minimum absolute atomic E-state index is 0.0615. The van der Waals surface area contributed by atoms with E-state index in [1.54, 1.807) is 0 Å². The van der Waals surface area contributed by atoms with E-state index in [0.717, 1.165) is 43.6 Å². The molecule has 1 aliphatic heterocycles. The Hall–Kier alpha value is -1.85. The average Bonchev–Trinajstić information content (AvgIpc) is 3.31. The van der Waals surface area contributed by atoms with Crippen LogP contribution >= 0.6 is 0 Å². The van der Waals surface area contributed by atoms with Crippen LogP contribution in [0.3, 0.4) is 0 Å². The number of aromatic nitrogens is 2. The summed E-state index contributed by atoms with van der Waals surface area (Å²) in [5, 5.41) is 7.53. The number of piperidine rings is 1. The molecule has 2 heterocycles. The summed E-state index contributed by atoms with van der Waals surface area (Å²) in [4.78, 5) is 26.7. The van der Waals surface area contributed by atoms with Crippen LogP contribution in [-0.2, 0) is 9.59 Å². The molecule has 2 aliphatic rings. The first-order valence-electron chi connectivity index (χ1n) is 8.92. The van der Waals surface area contributed by atoms with Crippen molar-refractivity contribution in [1.29, 1.82) is 0 Å². The Labute approximate surface area is 143 Å². The third-order valence-corrected chi connectivity index (χ3v) is 5.35. The third kappa shape index (κ3) is 3.19. The van der Waals surface area contributed by atoms with Gasteiger partial charge >= 0.3 is 0 Å². The smallest absolute Gasteiger partial charge is 0.248 e. The maximum atomic E-state index is 13.2. The first-order valence-corrected chi connectivity index (χ1v) is 8.92. The second-order valence-corrected chi connectivity index (χ2v) is 7.58. The lowest BCUT2D eigenvalue weighted by Crippen LogP contribution is -2.60. The molecule has 3 rings (SSSR count). The monoisotopic (exact) mass is 332 g/mol. The highest BCUT2D eigenvalue weighted by molar-refractivity contribution is 5.91. The number of hydrogen-bond donors (Lipinski definition) is 1. The van der Waals surface area contributed by atoms with Crippen LogP contribution in [0.25, 0.3) is 0 Å². The molecule has 2 fully saturated rings. The van der Waals surface area contributed by atoms with Crippen molar-refractivity contribution in [2.45, 2.75) is 65.0 Å². The van der Waals surface area contributed by atoms with Gasteiger partial charge in [0.15, 0.2) is 0 Å². The predicted octanol–water partition coefficient (Wildman–Crippen LogP) is 1.97. The number of aryl methyl sites for hydroxylation is 2. The van der Waals surface area contributed by atoms with Crippen molar-refractivity contribution in [1.82, 2.24) is 20.0 Å². The van der Waals surface area contributed by atoms with Gasteiger partial charge in [0, 0.05) is 25.7 Å². The number of nitrogens with zero attached hydrogens (tertiary/aromatic N) is 3. The Morgan fingerprint density at radius 1 is 1.29 bits per heavy atom. The zero-order valence-electron chi connectivity index (χ0n) is 15.1. The number of rotatable bonds is 4. The number of carbonyl (C=O) groups is 2. The fourth-order valence-corrected chi connectivity index (χ4v) is 4.04. The fraction of sp³-hybridized carbons (Fsp3) is 0.722. The summed E-state index contributed by atoms with van der Waals surface area (Å²) in [6.07, 6.45) is 4.02. The number of likely N-dealkylation sites (tertiary alicyclic amines) is 1. The molecular weight excluding hydrogens is 304 g/mol. The molecule has 1 aromatic heterocycles. The van der Waals surface area contributed by atoms with E-state index in [2.05, 4.69) is 28.1 Å². The van der Waals surface area contributed by atoms with Gasteiger partial charge in [-0.15, -0.1) is 0 Å². The van der Waals surface area contributed by atoms with Crippen molar-refractivity contribution >= 4 is 11.8 Å². The summed E-state index contributed by atoms with van der Waals surface area (Å²) in [7, 11) is 0. The molecule has 0 aromatic carbocycles. The van der Waals surface area contributed by atoms with Gasteiger partial charge in [-0.05, 0) is 58.4 Å². The van der Waals surface area contributed by atoms with Crippen molar-refractivity contribution in [3.63, 3.8) is 0 Å². The second-order valence-electron chi connectivity index (χ2n) is 7.58. The van der Waals surface area contributed by atoms with E-state index >= 15 is 0 Å². The van der Waals surface area contributed by atoms with E-state index < -0.39 is 5.54 Å². The summed E-state index contributed by atoms with van der Waals surface area (Å²) < 4.78 is 2.06. The number of amides is 2. The standard InChI is InChI=1S/C18H28N4O2/c1-12-10-13(2)22(20-12)16-6-5-9-21(11-16)17(24)18(4,15-7-8-15)19-14(3)23/h10,15-16H,5-9,11H2,1-4H3,(H,19,23). The quantitative estimate of drug-likeness (QED) is 0.916. The van der Waals surface area contributed by atoms with Crippen LogP contribution < -0.4 is 5.32 Å². The summed E-state index contributed by atoms with van der Waals surface area (Å²) in [6, 6.07) is 2.30. The highest BCUT2D eigenvalue weighted by atomic mass is 16.2. The maximum absolute atomic E-state index is 13.2. The highest BCUT2D eigenvalue weighted by Gasteiger charge is 2.50. The molecule has 2 atom stereocenters. The van der Waals surface area contributed by atoms with Crippen molar-refractivity contribution in [2.24, 2.45) is 5.92 Å². The Bertz CT molecular complexity index is 649. The maximum Gasteiger partial charge on any atom is 0.248 e. The lowest BCUT2D eigenvalue weighted by atomic mass is 9.92. The zero-order chi connectivity index (χ0) is 17.5. The molecule has 1 saturated carbocycles. The van der Waals surface area contributed by atoms with Crippen molar-refractivity contribution in [3.05, 3.63) is 17.5 Å². The molecule has 1 N–H and O–H groups in total. The Morgan fingerprint density at radius 2 is 2.00 bits per heavy atom. The number of nitrogens with one attached hydrogen (secondary N) is 1. The van der Waals surface area contributed by atoms with E-state index in [1.165, 1.54) is 6.92 Å². The van der Waals surface area contributed by atoms with Crippen molar-refractivity contribution < 1.29 is 9.59 Å². The molecule has 1 saturated heterocycles. The lowest BCUT2D eigenvalue weighted by molar-refractivity contribution is -0.143. The number of hydrogen-bond acceptors (Lipinski definition) is 3. The summed E-state index contributed by atoms with van der Waals surface area (Å²) in [5.74, 6) is 0.194. The van der Waals surface area contributed by atoms with Crippen molar-refractivity contribution in [2.75, 3.05) is 13.1 Å². The van der Waals surface area contributed by atoms with Gasteiger partial charge in [0.05, 0.1) is 11.7 Å². The van der Waals surface area contributed by atoms with Crippen molar-refractivity contribution in [3.8, 4) is 0 Å². The van der Waals surface area contributed by atoms with Gasteiger partial charge in [0.25, 0.3) is 0 Å². The summed E-state index contributed by atoms with van der Waals surface area (Å²) in [5.41, 5.74) is 1.39. The Morgan fingerprint density at radius 3 is 2.54 bits per heavy atom.